The lowest BCUT2D eigenvalue weighted by Gasteiger charge is -2.32. The molecule has 0 radical (unpaired) electrons. The number of nitrogens with two attached hydrogens (primary N) is 1. The molecular formula is C21H23N5O4. The molecule has 0 saturated carbocycles. The van der Waals surface area contributed by atoms with Crippen LogP contribution < -0.4 is 16.2 Å². The van der Waals surface area contributed by atoms with Gasteiger partial charge in [-0.3, -0.25) is 18.8 Å². The van der Waals surface area contributed by atoms with Gasteiger partial charge in [-0.15, -0.1) is 0 Å². The van der Waals surface area contributed by atoms with E-state index < -0.39 is 11.5 Å². The van der Waals surface area contributed by atoms with Crippen LogP contribution in [0.4, 0.5) is 5.82 Å². The summed E-state index contributed by atoms with van der Waals surface area (Å²) in [4.78, 5) is 43.4. The van der Waals surface area contributed by atoms with Crippen molar-refractivity contribution in [2.75, 3.05) is 24.6 Å². The van der Waals surface area contributed by atoms with Crippen LogP contribution in [0.1, 0.15) is 30.9 Å². The number of pyridine rings is 1. The molecule has 3 rings (SSSR count). The Morgan fingerprint density at radius 1 is 1.40 bits per heavy atom. The van der Waals surface area contributed by atoms with Crippen LogP contribution in [-0.2, 0) is 14.3 Å². The number of rotatable bonds is 5. The molecule has 0 spiro atoms. The second-order valence-electron chi connectivity index (χ2n) is 7.09. The number of nitriles is 1. The molecule has 1 fully saturated rings. The fourth-order valence-corrected chi connectivity index (χ4v) is 3.56. The first-order chi connectivity index (χ1) is 14.4. The van der Waals surface area contributed by atoms with E-state index in [1.165, 1.54) is 10.5 Å². The highest BCUT2D eigenvalue weighted by atomic mass is 16.5. The number of carbonyl (C=O) groups is 2. The number of piperidine rings is 1. The number of fused-ring (bicyclic) bond motifs is 1. The summed E-state index contributed by atoms with van der Waals surface area (Å²) in [7, 11) is 0. The molecule has 0 aliphatic carbocycles. The highest BCUT2D eigenvalue weighted by molar-refractivity contribution is 6.01. The number of anilines is 1. The van der Waals surface area contributed by atoms with Crippen LogP contribution >= 0.6 is 0 Å². The van der Waals surface area contributed by atoms with Gasteiger partial charge in [-0.25, -0.2) is 4.98 Å². The maximum absolute atomic E-state index is 13.2. The van der Waals surface area contributed by atoms with Crippen LogP contribution in [0.2, 0.25) is 0 Å². The molecule has 2 aromatic heterocycles. The molecule has 0 aromatic carbocycles. The third kappa shape index (κ3) is 4.03. The van der Waals surface area contributed by atoms with Gasteiger partial charge in [0.1, 0.15) is 23.1 Å². The summed E-state index contributed by atoms with van der Waals surface area (Å²) < 4.78 is 6.49. The summed E-state index contributed by atoms with van der Waals surface area (Å²) in [6.07, 6.45) is 3.89. The van der Waals surface area contributed by atoms with E-state index >= 15 is 0 Å². The van der Waals surface area contributed by atoms with Crippen LogP contribution in [-0.4, -0.2) is 41.0 Å². The van der Waals surface area contributed by atoms with Gasteiger partial charge in [-0.05, 0) is 44.4 Å². The van der Waals surface area contributed by atoms with E-state index in [0.29, 0.717) is 44.0 Å². The lowest BCUT2D eigenvalue weighted by Crippen LogP contribution is -2.39. The number of aromatic nitrogens is 2. The highest BCUT2D eigenvalue weighted by Crippen LogP contribution is 2.26. The lowest BCUT2D eigenvalue weighted by molar-refractivity contribution is -0.148. The Bertz CT molecular complexity index is 1120. The highest BCUT2D eigenvalue weighted by Gasteiger charge is 2.28. The Morgan fingerprint density at radius 3 is 2.70 bits per heavy atom. The zero-order valence-electron chi connectivity index (χ0n) is 16.9. The van der Waals surface area contributed by atoms with Gasteiger partial charge in [0.25, 0.3) is 11.5 Å². The quantitative estimate of drug-likeness (QED) is 0.445. The first kappa shape index (κ1) is 21.0. The van der Waals surface area contributed by atoms with Crippen molar-refractivity contribution >= 4 is 29.4 Å². The number of carbonyl (C=O) groups excluding carboxylic acids is 2. The second kappa shape index (κ2) is 8.78. The molecule has 0 atom stereocenters. The average molecular weight is 409 g/mol. The van der Waals surface area contributed by atoms with Gasteiger partial charge in [0.2, 0.25) is 0 Å². The predicted octanol–water partition coefficient (Wildman–Crippen LogP) is 1.17. The first-order valence-electron chi connectivity index (χ1n) is 9.72. The minimum Gasteiger partial charge on any atom is -0.466 e. The van der Waals surface area contributed by atoms with E-state index in [0.717, 1.165) is 5.56 Å². The van der Waals surface area contributed by atoms with Gasteiger partial charge in [0, 0.05) is 19.3 Å². The number of ether oxygens (including phenoxy) is 1. The number of nitrogens with zero attached hydrogens (tertiary/aromatic N) is 4. The molecular weight excluding hydrogens is 386 g/mol. The van der Waals surface area contributed by atoms with Crippen molar-refractivity contribution in [1.29, 1.82) is 5.26 Å². The Hall–Kier alpha value is -3.67. The standard InChI is InChI=1S/C21H23N5O4/c1-3-30-21(29)14-6-9-25(10-7-14)19-16(11-15(12-22)17(23)27)20(28)26-8-4-5-13(2)18(26)24-19/h4-5,8,11,14H,3,6-7,9-10H2,1-2H3,(H2,23,27)/b15-11+. The second-order valence-corrected chi connectivity index (χ2v) is 7.09. The van der Waals surface area contributed by atoms with Crippen molar-refractivity contribution in [3.05, 3.63) is 45.4 Å². The normalized spacial score (nSPS) is 15.1. The summed E-state index contributed by atoms with van der Waals surface area (Å²) >= 11 is 0. The summed E-state index contributed by atoms with van der Waals surface area (Å²) in [5.41, 5.74) is 5.94. The Balaban J connectivity index is 2.09. The van der Waals surface area contributed by atoms with Gasteiger partial charge in [0.15, 0.2) is 0 Å². The van der Waals surface area contributed by atoms with Crippen molar-refractivity contribution in [3.63, 3.8) is 0 Å². The van der Waals surface area contributed by atoms with Crippen molar-refractivity contribution in [2.45, 2.75) is 26.7 Å². The number of aryl methyl sites for hydroxylation is 1. The summed E-state index contributed by atoms with van der Waals surface area (Å²) in [6.45, 7) is 4.92. The van der Waals surface area contributed by atoms with E-state index in [4.69, 9.17) is 10.5 Å². The molecule has 30 heavy (non-hydrogen) atoms. The van der Waals surface area contributed by atoms with Crippen LogP contribution in [0, 0.1) is 24.2 Å². The van der Waals surface area contributed by atoms with Crippen LogP contribution in [0.3, 0.4) is 0 Å². The fourth-order valence-electron chi connectivity index (χ4n) is 3.56. The number of primary amides is 1. The van der Waals surface area contributed by atoms with Gasteiger partial charge in [-0.2, -0.15) is 5.26 Å². The van der Waals surface area contributed by atoms with E-state index in [2.05, 4.69) is 4.98 Å². The molecule has 1 aliphatic rings. The minimum atomic E-state index is -0.918. The number of hydrogen-bond donors (Lipinski definition) is 1. The summed E-state index contributed by atoms with van der Waals surface area (Å²) in [5, 5.41) is 9.24. The van der Waals surface area contributed by atoms with E-state index in [1.807, 2.05) is 17.9 Å². The van der Waals surface area contributed by atoms with E-state index in [1.54, 1.807) is 25.3 Å². The number of hydrogen-bond acceptors (Lipinski definition) is 7. The Kier molecular flexibility index (Phi) is 6.16. The van der Waals surface area contributed by atoms with Gasteiger partial charge in [0.05, 0.1) is 18.1 Å². The van der Waals surface area contributed by atoms with Crippen molar-refractivity contribution in [2.24, 2.45) is 11.7 Å². The summed E-state index contributed by atoms with van der Waals surface area (Å²) in [6, 6.07) is 5.30. The monoisotopic (exact) mass is 409 g/mol. The Morgan fingerprint density at radius 2 is 2.10 bits per heavy atom. The SMILES string of the molecule is CCOC(=O)C1CCN(c2nc3c(C)cccn3c(=O)c2/C=C(\C#N)C(N)=O)CC1. The van der Waals surface area contributed by atoms with Crippen LogP contribution in [0.15, 0.2) is 28.7 Å². The molecule has 9 nitrogen and oxygen atoms in total. The first-order valence-corrected chi connectivity index (χ1v) is 9.72. The molecule has 0 unspecified atom stereocenters. The van der Waals surface area contributed by atoms with Crippen molar-refractivity contribution in [1.82, 2.24) is 9.38 Å². The zero-order valence-corrected chi connectivity index (χ0v) is 16.9. The molecule has 0 bridgehead atoms. The molecule has 1 amide bonds. The molecule has 2 N–H and O–H groups in total. The molecule has 1 aliphatic heterocycles. The average Bonchev–Trinajstić information content (AvgIpc) is 2.73. The largest absolute Gasteiger partial charge is 0.466 e. The third-order valence-corrected chi connectivity index (χ3v) is 5.15. The van der Waals surface area contributed by atoms with Crippen LogP contribution in [0.5, 0.6) is 0 Å². The van der Waals surface area contributed by atoms with Gasteiger partial charge >= 0.3 is 5.97 Å². The van der Waals surface area contributed by atoms with E-state index in [9.17, 15) is 19.6 Å². The predicted molar refractivity (Wildman–Crippen MR) is 111 cm³/mol. The minimum absolute atomic E-state index is 0.114. The number of esters is 1. The Labute approximate surface area is 173 Å². The van der Waals surface area contributed by atoms with E-state index in [-0.39, 0.29) is 23.0 Å². The van der Waals surface area contributed by atoms with Crippen molar-refractivity contribution in [3.8, 4) is 6.07 Å². The topological polar surface area (TPSA) is 131 Å². The van der Waals surface area contributed by atoms with Crippen LogP contribution in [0.25, 0.3) is 11.7 Å². The zero-order chi connectivity index (χ0) is 21.8. The van der Waals surface area contributed by atoms with Gasteiger partial charge in [-0.1, -0.05) is 6.07 Å². The lowest BCUT2D eigenvalue weighted by atomic mass is 9.96. The molecule has 3 heterocycles. The van der Waals surface area contributed by atoms with Crippen molar-refractivity contribution < 1.29 is 14.3 Å². The molecule has 2 aromatic rings. The molecule has 9 heteroatoms. The fraction of sp³-hybridized carbons (Fsp3) is 0.381. The maximum atomic E-state index is 13.2. The third-order valence-electron chi connectivity index (χ3n) is 5.15. The maximum Gasteiger partial charge on any atom is 0.309 e. The molecule has 1 saturated heterocycles. The summed E-state index contributed by atoms with van der Waals surface area (Å²) in [5.74, 6) is -0.979. The van der Waals surface area contributed by atoms with Gasteiger partial charge < -0.3 is 15.4 Å². The molecule has 156 valence electrons. The smallest absolute Gasteiger partial charge is 0.309 e. The number of amides is 1.